The highest BCUT2D eigenvalue weighted by Gasteiger charge is 2.25. The molecule has 0 spiro atoms. The van der Waals surface area contributed by atoms with Crippen LogP contribution in [0.2, 0.25) is 5.15 Å². The first-order valence-electron chi connectivity index (χ1n) is 5.20. The zero-order chi connectivity index (χ0) is 11.5. The van der Waals surface area contributed by atoms with Crippen molar-refractivity contribution in [1.29, 1.82) is 0 Å². The van der Waals surface area contributed by atoms with E-state index in [-0.39, 0.29) is 11.9 Å². The van der Waals surface area contributed by atoms with Crippen LogP contribution in [-0.4, -0.2) is 39.9 Å². The van der Waals surface area contributed by atoms with Gasteiger partial charge in [0.2, 0.25) is 0 Å². The third-order valence-electron chi connectivity index (χ3n) is 2.56. The maximum Gasteiger partial charge on any atom is 0.272 e. The van der Waals surface area contributed by atoms with Crippen LogP contribution in [0.5, 0.6) is 0 Å². The normalized spacial score (nSPS) is 20.9. The van der Waals surface area contributed by atoms with Crippen molar-refractivity contribution in [3.05, 3.63) is 29.0 Å². The molecule has 2 heterocycles. The topological polar surface area (TPSA) is 33.2 Å². The van der Waals surface area contributed by atoms with E-state index < -0.39 is 0 Å². The molecular formula is C11H13ClN2OS. The molecule has 86 valence electrons. The zero-order valence-electron chi connectivity index (χ0n) is 9.02. The Balaban J connectivity index is 2.17. The van der Waals surface area contributed by atoms with Gasteiger partial charge in [0, 0.05) is 24.1 Å². The van der Waals surface area contributed by atoms with Crippen LogP contribution < -0.4 is 0 Å². The molecule has 1 aromatic heterocycles. The Morgan fingerprint density at radius 3 is 3.12 bits per heavy atom. The van der Waals surface area contributed by atoms with Crippen LogP contribution in [-0.2, 0) is 0 Å². The average Bonchev–Trinajstić information content (AvgIpc) is 2.29. The van der Waals surface area contributed by atoms with E-state index in [2.05, 4.69) is 11.9 Å². The lowest BCUT2D eigenvalue weighted by Crippen LogP contribution is -2.44. The summed E-state index contributed by atoms with van der Waals surface area (Å²) in [6.07, 6.45) is 0. The monoisotopic (exact) mass is 256 g/mol. The van der Waals surface area contributed by atoms with Gasteiger partial charge in [0.25, 0.3) is 5.91 Å². The van der Waals surface area contributed by atoms with E-state index in [1.807, 2.05) is 16.7 Å². The third kappa shape index (κ3) is 2.50. The number of halogens is 1. The molecule has 1 aromatic rings. The van der Waals surface area contributed by atoms with E-state index >= 15 is 0 Å². The number of amides is 1. The van der Waals surface area contributed by atoms with Gasteiger partial charge < -0.3 is 4.90 Å². The van der Waals surface area contributed by atoms with Gasteiger partial charge in [-0.15, -0.1) is 0 Å². The van der Waals surface area contributed by atoms with Crippen LogP contribution >= 0.6 is 23.4 Å². The summed E-state index contributed by atoms with van der Waals surface area (Å²) in [6.45, 7) is 2.85. The second-order valence-corrected chi connectivity index (χ2v) is 5.31. The smallest absolute Gasteiger partial charge is 0.272 e. The Kier molecular flexibility index (Phi) is 3.71. The van der Waals surface area contributed by atoms with Crippen LogP contribution in [0, 0.1) is 0 Å². The van der Waals surface area contributed by atoms with Gasteiger partial charge in [0.1, 0.15) is 10.8 Å². The zero-order valence-corrected chi connectivity index (χ0v) is 10.6. The first kappa shape index (κ1) is 11.7. The molecule has 0 bridgehead atoms. The summed E-state index contributed by atoms with van der Waals surface area (Å²) in [5.41, 5.74) is 0.436. The fourth-order valence-electron chi connectivity index (χ4n) is 1.70. The van der Waals surface area contributed by atoms with Crippen molar-refractivity contribution < 1.29 is 4.79 Å². The van der Waals surface area contributed by atoms with Crippen molar-refractivity contribution in [2.45, 2.75) is 13.0 Å². The molecule has 1 aliphatic heterocycles. The Morgan fingerprint density at radius 1 is 1.62 bits per heavy atom. The van der Waals surface area contributed by atoms with Crippen LogP contribution in [0.3, 0.4) is 0 Å². The largest absolute Gasteiger partial charge is 0.333 e. The molecule has 0 aromatic carbocycles. The highest BCUT2D eigenvalue weighted by Crippen LogP contribution is 2.18. The number of hydrogen-bond donors (Lipinski definition) is 0. The highest BCUT2D eigenvalue weighted by atomic mass is 35.5. The molecule has 1 atom stereocenters. The van der Waals surface area contributed by atoms with Gasteiger partial charge in [-0.05, 0) is 19.1 Å². The molecule has 0 radical (unpaired) electrons. The molecule has 1 fully saturated rings. The van der Waals surface area contributed by atoms with E-state index in [0.717, 1.165) is 18.1 Å². The molecule has 1 saturated heterocycles. The SMILES string of the molecule is CC1CSCCN1C(=O)c1cccc(Cl)n1. The number of rotatable bonds is 1. The van der Waals surface area contributed by atoms with Crippen LogP contribution in [0.25, 0.3) is 0 Å². The predicted octanol–water partition coefficient (Wildman–Crippen LogP) is 2.31. The Hall–Kier alpha value is -0.740. The lowest BCUT2D eigenvalue weighted by atomic mass is 10.2. The molecule has 0 aliphatic carbocycles. The van der Waals surface area contributed by atoms with Gasteiger partial charge in [-0.1, -0.05) is 17.7 Å². The number of aromatic nitrogens is 1. The lowest BCUT2D eigenvalue weighted by Gasteiger charge is -2.32. The number of carbonyl (C=O) groups is 1. The number of nitrogens with zero attached hydrogens (tertiary/aromatic N) is 2. The summed E-state index contributed by atoms with van der Waals surface area (Å²) < 4.78 is 0. The van der Waals surface area contributed by atoms with Gasteiger partial charge >= 0.3 is 0 Å². The van der Waals surface area contributed by atoms with Gasteiger partial charge in [-0.3, -0.25) is 4.79 Å². The highest BCUT2D eigenvalue weighted by molar-refractivity contribution is 7.99. The van der Waals surface area contributed by atoms with Gasteiger partial charge in [-0.2, -0.15) is 11.8 Å². The lowest BCUT2D eigenvalue weighted by molar-refractivity contribution is 0.0710. The number of pyridine rings is 1. The van der Waals surface area contributed by atoms with Crippen molar-refractivity contribution >= 4 is 29.3 Å². The molecule has 0 N–H and O–H groups in total. The van der Waals surface area contributed by atoms with E-state index in [9.17, 15) is 4.79 Å². The minimum Gasteiger partial charge on any atom is -0.333 e. The van der Waals surface area contributed by atoms with Crippen molar-refractivity contribution in [3.63, 3.8) is 0 Å². The third-order valence-corrected chi connectivity index (χ3v) is 3.96. The summed E-state index contributed by atoms with van der Waals surface area (Å²) >= 11 is 7.66. The summed E-state index contributed by atoms with van der Waals surface area (Å²) in [6, 6.07) is 5.41. The van der Waals surface area contributed by atoms with Gasteiger partial charge in [0.15, 0.2) is 0 Å². The van der Waals surface area contributed by atoms with E-state index in [0.29, 0.717) is 10.8 Å². The summed E-state index contributed by atoms with van der Waals surface area (Å²) in [5.74, 6) is 1.97. The van der Waals surface area contributed by atoms with Crippen molar-refractivity contribution in [3.8, 4) is 0 Å². The van der Waals surface area contributed by atoms with Gasteiger partial charge in [0.05, 0.1) is 0 Å². The molecule has 1 aliphatic rings. The fraction of sp³-hybridized carbons (Fsp3) is 0.455. The summed E-state index contributed by atoms with van der Waals surface area (Å²) in [7, 11) is 0. The molecule has 1 amide bonds. The van der Waals surface area contributed by atoms with Crippen LogP contribution in [0.15, 0.2) is 18.2 Å². The number of hydrogen-bond acceptors (Lipinski definition) is 3. The maximum absolute atomic E-state index is 12.2. The predicted molar refractivity (Wildman–Crippen MR) is 67.1 cm³/mol. The van der Waals surface area contributed by atoms with Crippen LogP contribution in [0.4, 0.5) is 0 Å². The number of carbonyl (C=O) groups excluding carboxylic acids is 1. The van der Waals surface area contributed by atoms with Crippen molar-refractivity contribution in [2.75, 3.05) is 18.1 Å². The maximum atomic E-state index is 12.2. The first-order valence-corrected chi connectivity index (χ1v) is 6.73. The summed E-state index contributed by atoms with van der Waals surface area (Å²) in [4.78, 5) is 18.1. The fourth-order valence-corrected chi connectivity index (χ4v) is 2.88. The molecule has 5 heteroatoms. The standard InChI is InChI=1S/C11H13ClN2OS/c1-8-7-16-6-5-14(8)11(15)9-3-2-4-10(12)13-9/h2-4,8H,5-7H2,1H3. The quantitative estimate of drug-likeness (QED) is 0.723. The minimum atomic E-state index is -0.0182. The molecule has 0 saturated carbocycles. The first-order chi connectivity index (χ1) is 7.68. The Labute approximate surface area is 104 Å². The minimum absolute atomic E-state index is 0.0182. The molecule has 16 heavy (non-hydrogen) atoms. The second kappa shape index (κ2) is 5.06. The Bertz CT molecular complexity index is 399. The van der Waals surface area contributed by atoms with E-state index in [4.69, 9.17) is 11.6 Å². The molecule has 2 rings (SSSR count). The average molecular weight is 257 g/mol. The van der Waals surface area contributed by atoms with Crippen LogP contribution in [0.1, 0.15) is 17.4 Å². The van der Waals surface area contributed by atoms with Gasteiger partial charge in [-0.25, -0.2) is 4.98 Å². The number of thioether (sulfide) groups is 1. The molecule has 3 nitrogen and oxygen atoms in total. The van der Waals surface area contributed by atoms with Crippen molar-refractivity contribution in [2.24, 2.45) is 0 Å². The van der Waals surface area contributed by atoms with E-state index in [1.165, 1.54) is 0 Å². The molecule has 1 unspecified atom stereocenters. The summed E-state index contributed by atoms with van der Waals surface area (Å²) in [5, 5.41) is 0.366. The Morgan fingerprint density at radius 2 is 2.44 bits per heavy atom. The second-order valence-electron chi connectivity index (χ2n) is 3.77. The van der Waals surface area contributed by atoms with E-state index in [1.54, 1.807) is 18.2 Å². The molecular weight excluding hydrogens is 244 g/mol. The van der Waals surface area contributed by atoms with Crippen molar-refractivity contribution in [1.82, 2.24) is 9.88 Å².